The maximum Gasteiger partial charge on any atom is 0.262 e. The van der Waals surface area contributed by atoms with Crippen LogP contribution in [0.3, 0.4) is 0 Å². The van der Waals surface area contributed by atoms with Gasteiger partial charge in [-0.05, 0) is 47.4 Å². The summed E-state index contributed by atoms with van der Waals surface area (Å²) in [5.74, 6) is 0.00276. The molecule has 1 heterocycles. The fourth-order valence-corrected chi connectivity index (χ4v) is 2.47. The van der Waals surface area contributed by atoms with E-state index in [1.54, 1.807) is 0 Å². The van der Waals surface area contributed by atoms with Gasteiger partial charge in [-0.2, -0.15) is 0 Å². The Labute approximate surface area is 108 Å². The quantitative estimate of drug-likeness (QED) is 0.819. The molecule has 0 aliphatic carbocycles. The van der Waals surface area contributed by atoms with Gasteiger partial charge in [0.15, 0.2) is 0 Å². The Hall–Kier alpha value is -0.100. The maximum atomic E-state index is 11.5. The molecule has 1 amide bonds. The van der Waals surface area contributed by atoms with Crippen molar-refractivity contribution in [2.75, 3.05) is 20.1 Å². The molecule has 1 rings (SSSR count). The minimum Gasteiger partial charge on any atom is -0.351 e. The summed E-state index contributed by atoms with van der Waals surface area (Å²) >= 11 is 4.77. The highest BCUT2D eigenvalue weighted by atomic mass is 79.9. The Bertz CT molecular complexity index is 306. The predicted octanol–water partition coefficient (Wildman–Crippen LogP) is 2.27. The molecule has 6 heteroatoms. The second-order valence-electron chi connectivity index (χ2n) is 2.81. The van der Waals surface area contributed by atoms with Gasteiger partial charge in [0.05, 0.1) is 0 Å². The number of thiophene rings is 1. The van der Waals surface area contributed by atoms with Gasteiger partial charge in [0, 0.05) is 11.0 Å². The Balaban J connectivity index is 0.00000196. The average molecular weight is 314 g/mol. The number of hydrogen-bond acceptors (Lipinski definition) is 3. The van der Waals surface area contributed by atoms with Crippen molar-refractivity contribution in [1.82, 2.24) is 10.6 Å². The Kier molecular flexibility index (Phi) is 8.04. The van der Waals surface area contributed by atoms with E-state index in [-0.39, 0.29) is 18.3 Å². The van der Waals surface area contributed by atoms with Crippen molar-refractivity contribution in [1.29, 1.82) is 0 Å². The highest BCUT2D eigenvalue weighted by Crippen LogP contribution is 2.22. The zero-order valence-electron chi connectivity index (χ0n) is 8.38. The van der Waals surface area contributed by atoms with E-state index in [9.17, 15) is 4.79 Å². The van der Waals surface area contributed by atoms with E-state index in [4.69, 9.17) is 0 Å². The van der Waals surface area contributed by atoms with Crippen molar-refractivity contribution in [3.05, 3.63) is 20.8 Å². The Morgan fingerprint density at radius 2 is 2.27 bits per heavy atom. The first kappa shape index (κ1) is 14.9. The van der Waals surface area contributed by atoms with E-state index >= 15 is 0 Å². The highest BCUT2D eigenvalue weighted by molar-refractivity contribution is 9.10. The van der Waals surface area contributed by atoms with Crippen LogP contribution in [0.1, 0.15) is 16.1 Å². The molecule has 1 aromatic heterocycles. The maximum absolute atomic E-state index is 11.5. The minimum atomic E-state index is 0. The Morgan fingerprint density at radius 3 is 2.80 bits per heavy atom. The third-order valence-electron chi connectivity index (χ3n) is 1.71. The van der Waals surface area contributed by atoms with Crippen molar-refractivity contribution in [2.24, 2.45) is 0 Å². The highest BCUT2D eigenvalue weighted by Gasteiger charge is 2.09. The lowest BCUT2D eigenvalue weighted by Crippen LogP contribution is -2.26. The third kappa shape index (κ3) is 4.97. The van der Waals surface area contributed by atoms with Gasteiger partial charge in [-0.3, -0.25) is 4.79 Å². The van der Waals surface area contributed by atoms with E-state index < -0.39 is 0 Å². The number of amides is 1. The van der Waals surface area contributed by atoms with E-state index in [2.05, 4.69) is 26.6 Å². The van der Waals surface area contributed by atoms with Crippen molar-refractivity contribution in [3.8, 4) is 0 Å². The molecule has 0 bridgehead atoms. The van der Waals surface area contributed by atoms with Gasteiger partial charge in [-0.25, -0.2) is 0 Å². The zero-order chi connectivity index (χ0) is 10.4. The number of carbonyl (C=O) groups is 1. The zero-order valence-corrected chi connectivity index (χ0v) is 11.6. The number of hydrogen-bond donors (Lipinski definition) is 2. The first-order chi connectivity index (χ1) is 6.75. The lowest BCUT2D eigenvalue weighted by atomic mass is 10.4. The molecule has 0 unspecified atom stereocenters. The predicted molar refractivity (Wildman–Crippen MR) is 70.1 cm³/mol. The van der Waals surface area contributed by atoms with Crippen molar-refractivity contribution in [2.45, 2.75) is 6.42 Å². The van der Waals surface area contributed by atoms with Gasteiger partial charge in [-0.15, -0.1) is 23.7 Å². The van der Waals surface area contributed by atoms with Gasteiger partial charge in [0.1, 0.15) is 4.88 Å². The van der Waals surface area contributed by atoms with Crippen LogP contribution < -0.4 is 10.6 Å². The second kappa shape index (κ2) is 8.10. The lowest BCUT2D eigenvalue weighted by molar-refractivity contribution is 0.0956. The molecule has 15 heavy (non-hydrogen) atoms. The van der Waals surface area contributed by atoms with Gasteiger partial charge >= 0.3 is 0 Å². The summed E-state index contributed by atoms with van der Waals surface area (Å²) in [6.45, 7) is 1.63. The molecule has 3 nitrogen and oxygen atoms in total. The number of halogens is 2. The molecule has 1 aromatic rings. The molecular weight excluding hydrogens is 300 g/mol. The molecule has 0 saturated heterocycles. The van der Waals surface area contributed by atoms with Crippen LogP contribution in [0, 0.1) is 0 Å². The number of rotatable bonds is 5. The summed E-state index contributed by atoms with van der Waals surface area (Å²) in [6.07, 6.45) is 0.950. The lowest BCUT2D eigenvalue weighted by Gasteiger charge is -2.03. The first-order valence-corrected chi connectivity index (χ1v) is 6.08. The molecule has 0 radical (unpaired) electrons. The summed E-state index contributed by atoms with van der Waals surface area (Å²) in [5, 5.41) is 7.79. The Morgan fingerprint density at radius 1 is 1.53 bits per heavy atom. The van der Waals surface area contributed by atoms with E-state index in [1.807, 2.05) is 18.5 Å². The van der Waals surface area contributed by atoms with Crippen molar-refractivity contribution in [3.63, 3.8) is 0 Å². The summed E-state index contributed by atoms with van der Waals surface area (Å²) < 4.78 is 0.869. The molecule has 0 aromatic carbocycles. The van der Waals surface area contributed by atoms with E-state index in [1.165, 1.54) is 11.3 Å². The van der Waals surface area contributed by atoms with Crippen LogP contribution >= 0.6 is 39.7 Å². The number of carbonyl (C=O) groups excluding carboxylic acids is 1. The van der Waals surface area contributed by atoms with Crippen molar-refractivity contribution < 1.29 is 4.79 Å². The van der Waals surface area contributed by atoms with Crippen LogP contribution in [0.5, 0.6) is 0 Å². The molecule has 0 spiro atoms. The molecule has 0 aliphatic heterocycles. The summed E-state index contributed by atoms with van der Waals surface area (Å²) in [7, 11) is 1.90. The fourth-order valence-electron chi connectivity index (χ4n) is 1.00. The van der Waals surface area contributed by atoms with Gasteiger partial charge in [-0.1, -0.05) is 0 Å². The standard InChI is InChI=1S/C9H13BrN2OS.ClH/c1-11-4-2-5-12-9(13)8-7(10)3-6-14-8;/h3,6,11H,2,4-5H2,1H3,(H,12,13);1H. The molecular formula is C9H14BrClN2OS. The van der Waals surface area contributed by atoms with Crippen LogP contribution in [0.15, 0.2) is 15.9 Å². The summed E-state index contributed by atoms with van der Waals surface area (Å²) in [4.78, 5) is 12.3. The molecule has 0 aliphatic rings. The second-order valence-corrected chi connectivity index (χ2v) is 4.58. The average Bonchev–Trinajstić information content (AvgIpc) is 2.59. The van der Waals surface area contributed by atoms with Crippen LogP contribution in [0.25, 0.3) is 0 Å². The van der Waals surface area contributed by atoms with Gasteiger partial charge in [0.2, 0.25) is 0 Å². The van der Waals surface area contributed by atoms with Crippen LogP contribution in [0.4, 0.5) is 0 Å². The van der Waals surface area contributed by atoms with Gasteiger partial charge < -0.3 is 10.6 Å². The molecule has 0 saturated carbocycles. The minimum absolute atomic E-state index is 0. The van der Waals surface area contributed by atoms with Crippen LogP contribution in [0.2, 0.25) is 0 Å². The molecule has 86 valence electrons. The fraction of sp³-hybridized carbons (Fsp3) is 0.444. The number of nitrogens with one attached hydrogen (secondary N) is 2. The largest absolute Gasteiger partial charge is 0.351 e. The SMILES string of the molecule is CNCCCNC(=O)c1sccc1Br.Cl. The summed E-state index contributed by atoms with van der Waals surface area (Å²) in [6, 6.07) is 1.88. The van der Waals surface area contributed by atoms with E-state index in [0.29, 0.717) is 6.54 Å². The summed E-state index contributed by atoms with van der Waals surface area (Å²) in [5.41, 5.74) is 0. The van der Waals surface area contributed by atoms with Crippen LogP contribution in [-0.2, 0) is 0 Å². The normalized spacial score (nSPS) is 9.47. The molecule has 0 fully saturated rings. The van der Waals surface area contributed by atoms with Crippen molar-refractivity contribution >= 4 is 45.6 Å². The smallest absolute Gasteiger partial charge is 0.262 e. The monoisotopic (exact) mass is 312 g/mol. The molecule has 0 atom stereocenters. The first-order valence-electron chi connectivity index (χ1n) is 4.41. The van der Waals surface area contributed by atoms with E-state index in [0.717, 1.165) is 22.3 Å². The molecule has 2 N–H and O–H groups in total. The third-order valence-corrected chi connectivity index (χ3v) is 3.55. The van der Waals surface area contributed by atoms with Crippen LogP contribution in [-0.4, -0.2) is 26.0 Å². The topological polar surface area (TPSA) is 41.1 Å². The van der Waals surface area contributed by atoms with Gasteiger partial charge in [0.25, 0.3) is 5.91 Å².